The summed E-state index contributed by atoms with van der Waals surface area (Å²) in [5, 5.41) is 3.99. The van der Waals surface area contributed by atoms with Crippen LogP contribution >= 0.6 is 0 Å². The van der Waals surface area contributed by atoms with Gasteiger partial charge >= 0.3 is 0 Å². The molecule has 0 aliphatic carbocycles. The summed E-state index contributed by atoms with van der Waals surface area (Å²) in [4.78, 5) is 19.0. The molecule has 2 aliphatic rings. The topological polar surface area (TPSA) is 106 Å². The first-order valence-electron chi connectivity index (χ1n) is 10.8. The van der Waals surface area contributed by atoms with Gasteiger partial charge in [-0.15, -0.1) is 0 Å². The van der Waals surface area contributed by atoms with Crippen molar-refractivity contribution >= 4 is 15.9 Å². The molecule has 2 fully saturated rings. The van der Waals surface area contributed by atoms with Crippen LogP contribution < -0.4 is 0 Å². The van der Waals surface area contributed by atoms with Gasteiger partial charge in [0.1, 0.15) is 0 Å². The van der Waals surface area contributed by atoms with Crippen LogP contribution in [0.15, 0.2) is 33.7 Å². The Kier molecular flexibility index (Phi) is 6.99. The minimum atomic E-state index is -3.54. The van der Waals surface area contributed by atoms with Crippen LogP contribution in [0.4, 0.5) is 0 Å². The minimum Gasteiger partial charge on any atom is -0.379 e. The van der Waals surface area contributed by atoms with Crippen molar-refractivity contribution in [3.8, 4) is 11.4 Å². The second-order valence-corrected chi connectivity index (χ2v) is 9.79. The molecule has 3 heterocycles. The van der Waals surface area contributed by atoms with E-state index in [1.807, 2.05) is 4.90 Å². The number of rotatable bonds is 6. The molecule has 4 rings (SSSR count). The number of benzene rings is 1. The highest BCUT2D eigenvalue weighted by atomic mass is 32.2. The van der Waals surface area contributed by atoms with E-state index in [4.69, 9.17) is 9.26 Å². The van der Waals surface area contributed by atoms with Crippen LogP contribution in [0.25, 0.3) is 11.4 Å². The lowest BCUT2D eigenvalue weighted by Gasteiger charge is -2.26. The molecule has 2 saturated heterocycles. The predicted octanol–water partition coefficient (Wildman–Crippen LogP) is 2.09. The maximum absolute atomic E-state index is 12.7. The number of aromatic nitrogens is 2. The van der Waals surface area contributed by atoms with Crippen LogP contribution in [0, 0.1) is 0 Å². The zero-order valence-electron chi connectivity index (χ0n) is 17.5. The average Bonchev–Trinajstić information content (AvgIpc) is 3.11. The lowest BCUT2D eigenvalue weighted by molar-refractivity contribution is -0.131. The summed E-state index contributed by atoms with van der Waals surface area (Å²) in [6, 6.07) is 6.45. The number of hydrogen-bond acceptors (Lipinski definition) is 7. The normalized spacial score (nSPS) is 18.6. The molecule has 1 aromatic heterocycles. The summed E-state index contributed by atoms with van der Waals surface area (Å²) in [5.74, 6) is 0.912. The van der Waals surface area contributed by atoms with Gasteiger partial charge in [0.2, 0.25) is 27.6 Å². The summed E-state index contributed by atoms with van der Waals surface area (Å²) in [6.45, 7) is 3.18. The predicted molar refractivity (Wildman–Crippen MR) is 113 cm³/mol. The molecule has 0 saturated carbocycles. The van der Waals surface area contributed by atoms with Gasteiger partial charge in [-0.25, -0.2) is 8.42 Å². The molecule has 2 aliphatic heterocycles. The van der Waals surface area contributed by atoms with Gasteiger partial charge in [0.25, 0.3) is 0 Å². The number of morpholine rings is 1. The van der Waals surface area contributed by atoms with E-state index in [2.05, 4.69) is 10.1 Å². The van der Waals surface area contributed by atoms with Crippen LogP contribution in [-0.2, 0) is 26.0 Å². The smallest absolute Gasteiger partial charge is 0.243 e. The molecule has 0 unspecified atom stereocenters. The Morgan fingerprint density at radius 1 is 0.968 bits per heavy atom. The standard InChI is InChI=1S/C21H28N4O5S/c26-20(24-11-3-1-2-4-12-24)10-9-19-22-21(23-30-19)17-5-7-18(8-6-17)31(27,28)25-13-15-29-16-14-25/h5-8H,1-4,9-16H2. The van der Waals surface area contributed by atoms with Gasteiger partial charge in [0.05, 0.1) is 18.1 Å². The van der Waals surface area contributed by atoms with E-state index in [9.17, 15) is 13.2 Å². The van der Waals surface area contributed by atoms with Crippen molar-refractivity contribution in [1.29, 1.82) is 0 Å². The van der Waals surface area contributed by atoms with Crippen LogP contribution in [-0.4, -0.2) is 73.1 Å². The number of carbonyl (C=O) groups excluding carboxylic acids is 1. The summed E-state index contributed by atoms with van der Waals surface area (Å²) in [6.07, 6.45) is 5.23. The molecule has 168 valence electrons. The number of hydrogen-bond donors (Lipinski definition) is 0. The number of likely N-dealkylation sites (tertiary alicyclic amines) is 1. The molecule has 0 spiro atoms. The molecule has 2 aromatic rings. The first kappa shape index (κ1) is 21.9. The number of amides is 1. The lowest BCUT2D eigenvalue weighted by Crippen LogP contribution is -2.40. The molecule has 0 radical (unpaired) electrons. The molecular weight excluding hydrogens is 420 g/mol. The second-order valence-electron chi connectivity index (χ2n) is 7.85. The van der Waals surface area contributed by atoms with Gasteiger partial charge in [0.15, 0.2) is 0 Å². The summed E-state index contributed by atoms with van der Waals surface area (Å²) in [5.41, 5.74) is 0.662. The summed E-state index contributed by atoms with van der Waals surface area (Å²) in [7, 11) is -3.54. The van der Waals surface area contributed by atoms with E-state index in [1.54, 1.807) is 24.3 Å². The Hall–Kier alpha value is -2.30. The van der Waals surface area contributed by atoms with Crippen molar-refractivity contribution in [3.05, 3.63) is 30.2 Å². The Bertz CT molecular complexity index is 975. The lowest BCUT2D eigenvalue weighted by atomic mass is 10.2. The SMILES string of the molecule is O=C(CCc1nc(-c2ccc(S(=O)(=O)N3CCOCC3)cc2)no1)N1CCCCCC1. The highest BCUT2D eigenvalue weighted by Gasteiger charge is 2.26. The average molecular weight is 449 g/mol. The molecule has 1 aromatic carbocycles. The molecule has 0 atom stereocenters. The first-order chi connectivity index (χ1) is 15.0. The Labute approximate surface area is 182 Å². The summed E-state index contributed by atoms with van der Waals surface area (Å²) < 4.78 is 37.4. The molecule has 1 amide bonds. The fraction of sp³-hybridized carbons (Fsp3) is 0.571. The van der Waals surface area contributed by atoms with E-state index in [1.165, 1.54) is 17.1 Å². The highest BCUT2D eigenvalue weighted by Crippen LogP contribution is 2.22. The highest BCUT2D eigenvalue weighted by molar-refractivity contribution is 7.89. The Morgan fingerprint density at radius 3 is 2.32 bits per heavy atom. The van der Waals surface area contributed by atoms with Crippen LogP contribution in [0.2, 0.25) is 0 Å². The zero-order valence-corrected chi connectivity index (χ0v) is 18.3. The van der Waals surface area contributed by atoms with Gasteiger partial charge in [-0.1, -0.05) is 18.0 Å². The maximum atomic E-state index is 12.7. The molecule has 0 N–H and O–H groups in total. The van der Waals surface area contributed by atoms with E-state index in [0.717, 1.165) is 25.9 Å². The van der Waals surface area contributed by atoms with E-state index >= 15 is 0 Å². The van der Waals surface area contributed by atoms with Gasteiger partial charge in [-0.2, -0.15) is 9.29 Å². The Balaban J connectivity index is 1.37. The zero-order chi connectivity index (χ0) is 21.7. The van der Waals surface area contributed by atoms with Crippen LogP contribution in [0.3, 0.4) is 0 Å². The third-order valence-corrected chi connectivity index (χ3v) is 7.61. The first-order valence-corrected chi connectivity index (χ1v) is 12.3. The molecule has 9 nitrogen and oxygen atoms in total. The number of sulfonamides is 1. The fourth-order valence-corrected chi connectivity index (χ4v) is 5.29. The van der Waals surface area contributed by atoms with E-state index in [0.29, 0.717) is 56.4 Å². The van der Waals surface area contributed by atoms with Gasteiger partial charge in [-0.3, -0.25) is 4.79 Å². The third kappa shape index (κ3) is 5.31. The van der Waals surface area contributed by atoms with Gasteiger partial charge in [0, 0.05) is 44.6 Å². The Morgan fingerprint density at radius 2 is 1.65 bits per heavy atom. The fourth-order valence-electron chi connectivity index (χ4n) is 3.88. The quantitative estimate of drug-likeness (QED) is 0.666. The van der Waals surface area contributed by atoms with Crippen molar-refractivity contribution in [2.24, 2.45) is 0 Å². The van der Waals surface area contributed by atoms with Crippen LogP contribution in [0.1, 0.15) is 38.0 Å². The van der Waals surface area contributed by atoms with Gasteiger partial charge in [-0.05, 0) is 37.1 Å². The van der Waals surface area contributed by atoms with E-state index in [-0.39, 0.29) is 10.8 Å². The van der Waals surface area contributed by atoms with Crippen molar-refractivity contribution in [3.63, 3.8) is 0 Å². The van der Waals surface area contributed by atoms with Crippen LogP contribution in [0.5, 0.6) is 0 Å². The molecule has 31 heavy (non-hydrogen) atoms. The summed E-state index contributed by atoms with van der Waals surface area (Å²) >= 11 is 0. The largest absolute Gasteiger partial charge is 0.379 e. The second kappa shape index (κ2) is 9.88. The molecule has 0 bridgehead atoms. The van der Waals surface area contributed by atoms with E-state index < -0.39 is 10.0 Å². The number of nitrogens with zero attached hydrogens (tertiary/aromatic N) is 4. The molecule has 10 heteroatoms. The molecular formula is C21H28N4O5S. The monoisotopic (exact) mass is 448 g/mol. The van der Waals surface area contributed by atoms with Crippen molar-refractivity contribution < 1.29 is 22.5 Å². The van der Waals surface area contributed by atoms with Crippen molar-refractivity contribution in [2.75, 3.05) is 39.4 Å². The van der Waals surface area contributed by atoms with Crippen molar-refractivity contribution in [2.45, 2.75) is 43.4 Å². The van der Waals surface area contributed by atoms with Crippen molar-refractivity contribution in [1.82, 2.24) is 19.3 Å². The number of ether oxygens (including phenoxy) is 1. The van der Waals surface area contributed by atoms with Gasteiger partial charge < -0.3 is 14.2 Å². The minimum absolute atomic E-state index is 0.124. The number of carbonyl (C=O) groups is 1. The maximum Gasteiger partial charge on any atom is 0.243 e. The third-order valence-electron chi connectivity index (χ3n) is 5.70. The number of aryl methyl sites for hydroxylation is 1.